The molecule has 0 radical (unpaired) electrons. The second-order valence-corrected chi connectivity index (χ2v) is 4.78. The van der Waals surface area contributed by atoms with Gasteiger partial charge in [0, 0.05) is 6.54 Å². The van der Waals surface area contributed by atoms with Gasteiger partial charge in [-0.15, -0.1) is 0 Å². The fourth-order valence-corrected chi connectivity index (χ4v) is 2.68. The van der Waals surface area contributed by atoms with Gasteiger partial charge in [-0.05, 0) is 22.6 Å². The molecule has 2 aromatic rings. The highest BCUT2D eigenvalue weighted by Crippen LogP contribution is 2.33. The molecule has 0 saturated heterocycles. The molecule has 1 heteroatoms. The van der Waals surface area contributed by atoms with Crippen LogP contribution in [-0.2, 0) is 0 Å². The van der Waals surface area contributed by atoms with Gasteiger partial charge in [0.2, 0.25) is 0 Å². The third-order valence-electron chi connectivity index (χ3n) is 3.60. The van der Waals surface area contributed by atoms with Gasteiger partial charge in [-0.1, -0.05) is 61.5 Å². The van der Waals surface area contributed by atoms with Gasteiger partial charge in [0.15, 0.2) is 0 Å². The van der Waals surface area contributed by atoms with E-state index < -0.39 is 0 Å². The van der Waals surface area contributed by atoms with Crippen molar-refractivity contribution in [3.63, 3.8) is 0 Å². The van der Waals surface area contributed by atoms with Gasteiger partial charge in [0.1, 0.15) is 0 Å². The summed E-state index contributed by atoms with van der Waals surface area (Å²) in [6, 6.07) is 19.8. The van der Waals surface area contributed by atoms with Gasteiger partial charge >= 0.3 is 0 Å². The highest BCUT2D eigenvalue weighted by molar-refractivity contribution is 5.41. The summed E-state index contributed by atoms with van der Waals surface area (Å²) in [5.41, 5.74) is 4.27. The lowest BCUT2D eigenvalue weighted by atomic mass is 9.85. The lowest BCUT2D eigenvalue weighted by molar-refractivity contribution is 0.516. The molecular formula is C16H17N. The monoisotopic (exact) mass is 223 g/mol. The molecule has 0 unspecified atom stereocenters. The van der Waals surface area contributed by atoms with E-state index in [2.05, 4.69) is 66.8 Å². The molecule has 1 heterocycles. The summed E-state index contributed by atoms with van der Waals surface area (Å²) in [5.74, 6) is 0.603. The van der Waals surface area contributed by atoms with Gasteiger partial charge in [-0.25, -0.2) is 0 Å². The Labute approximate surface area is 102 Å². The Balaban J connectivity index is 2.07. The second-order valence-electron chi connectivity index (χ2n) is 4.78. The van der Waals surface area contributed by atoms with Crippen LogP contribution in [0, 0.1) is 0 Å². The van der Waals surface area contributed by atoms with Crippen LogP contribution >= 0.6 is 0 Å². The van der Waals surface area contributed by atoms with Crippen molar-refractivity contribution in [2.24, 2.45) is 0 Å². The van der Waals surface area contributed by atoms with Crippen molar-refractivity contribution < 1.29 is 0 Å². The van der Waals surface area contributed by atoms with E-state index in [-0.39, 0.29) is 0 Å². The Bertz CT molecular complexity index is 504. The standard InChI is InChI=1S/C16H17N/c1-12-11-17-16(13-7-3-2-4-8-13)15-10-6-5-9-14(12)15/h2-10,12,16-17H,11H2,1H3/t12-,16-/m0/s1. The summed E-state index contributed by atoms with van der Waals surface area (Å²) in [6.07, 6.45) is 0. The molecule has 0 aliphatic carbocycles. The summed E-state index contributed by atoms with van der Waals surface area (Å²) in [4.78, 5) is 0. The number of benzene rings is 2. The number of fused-ring (bicyclic) bond motifs is 1. The minimum Gasteiger partial charge on any atom is -0.306 e. The Morgan fingerprint density at radius 3 is 2.29 bits per heavy atom. The van der Waals surface area contributed by atoms with Gasteiger partial charge < -0.3 is 5.32 Å². The van der Waals surface area contributed by atoms with E-state index in [1.165, 1.54) is 16.7 Å². The molecule has 3 rings (SSSR count). The summed E-state index contributed by atoms with van der Waals surface area (Å²) in [5, 5.41) is 3.64. The maximum atomic E-state index is 3.64. The fourth-order valence-electron chi connectivity index (χ4n) is 2.68. The van der Waals surface area contributed by atoms with Crippen molar-refractivity contribution in [1.29, 1.82) is 0 Å². The zero-order valence-electron chi connectivity index (χ0n) is 10.1. The summed E-state index contributed by atoms with van der Waals surface area (Å²) >= 11 is 0. The van der Waals surface area contributed by atoms with Crippen molar-refractivity contribution in [2.75, 3.05) is 6.54 Å². The molecule has 86 valence electrons. The highest BCUT2D eigenvalue weighted by atomic mass is 14.9. The molecule has 2 atom stereocenters. The Kier molecular flexibility index (Phi) is 2.69. The Hall–Kier alpha value is -1.60. The lowest BCUT2D eigenvalue weighted by Gasteiger charge is -2.31. The van der Waals surface area contributed by atoms with Crippen molar-refractivity contribution in [3.8, 4) is 0 Å². The van der Waals surface area contributed by atoms with E-state index in [0.29, 0.717) is 12.0 Å². The normalized spacial score (nSPS) is 23.1. The SMILES string of the molecule is C[C@H]1CN[C@@H](c2ccccc2)c2ccccc21. The van der Waals surface area contributed by atoms with Crippen LogP contribution in [0.1, 0.15) is 35.6 Å². The Morgan fingerprint density at radius 1 is 0.882 bits per heavy atom. The predicted octanol–water partition coefficient (Wildman–Crippen LogP) is 3.48. The van der Waals surface area contributed by atoms with Gasteiger partial charge in [-0.3, -0.25) is 0 Å². The first-order valence-electron chi connectivity index (χ1n) is 6.23. The second kappa shape index (κ2) is 4.34. The highest BCUT2D eigenvalue weighted by Gasteiger charge is 2.24. The average Bonchev–Trinajstić information content (AvgIpc) is 2.41. The van der Waals surface area contributed by atoms with E-state index in [1.54, 1.807) is 0 Å². The van der Waals surface area contributed by atoms with Crippen molar-refractivity contribution >= 4 is 0 Å². The quantitative estimate of drug-likeness (QED) is 0.780. The molecule has 0 aromatic heterocycles. The lowest BCUT2D eigenvalue weighted by Crippen LogP contribution is -2.32. The number of rotatable bonds is 1. The first-order valence-corrected chi connectivity index (χ1v) is 6.23. The van der Waals surface area contributed by atoms with Gasteiger partial charge in [0.25, 0.3) is 0 Å². The minimum absolute atomic E-state index is 0.351. The summed E-state index contributed by atoms with van der Waals surface area (Å²) < 4.78 is 0. The van der Waals surface area contributed by atoms with Crippen LogP contribution in [0.3, 0.4) is 0 Å². The largest absolute Gasteiger partial charge is 0.306 e. The third-order valence-corrected chi connectivity index (χ3v) is 3.60. The van der Waals surface area contributed by atoms with Crippen LogP contribution < -0.4 is 5.32 Å². The van der Waals surface area contributed by atoms with Crippen molar-refractivity contribution in [2.45, 2.75) is 18.9 Å². The number of hydrogen-bond acceptors (Lipinski definition) is 1. The summed E-state index contributed by atoms with van der Waals surface area (Å²) in [6.45, 7) is 3.34. The zero-order chi connectivity index (χ0) is 11.7. The predicted molar refractivity (Wildman–Crippen MR) is 71.1 cm³/mol. The molecule has 0 amide bonds. The third kappa shape index (κ3) is 1.87. The first kappa shape index (κ1) is 10.5. The van der Waals surface area contributed by atoms with Crippen LogP contribution in [0.25, 0.3) is 0 Å². The topological polar surface area (TPSA) is 12.0 Å². The molecule has 17 heavy (non-hydrogen) atoms. The van der Waals surface area contributed by atoms with Gasteiger partial charge in [-0.2, -0.15) is 0 Å². The maximum absolute atomic E-state index is 3.64. The van der Waals surface area contributed by atoms with Crippen LogP contribution in [0.5, 0.6) is 0 Å². The van der Waals surface area contributed by atoms with E-state index in [4.69, 9.17) is 0 Å². The van der Waals surface area contributed by atoms with E-state index >= 15 is 0 Å². The molecule has 0 spiro atoms. The number of hydrogen-bond donors (Lipinski definition) is 1. The number of nitrogens with one attached hydrogen (secondary N) is 1. The smallest absolute Gasteiger partial charge is 0.0579 e. The molecule has 1 N–H and O–H groups in total. The molecular weight excluding hydrogens is 206 g/mol. The van der Waals surface area contributed by atoms with Gasteiger partial charge in [0.05, 0.1) is 6.04 Å². The van der Waals surface area contributed by atoms with E-state index in [1.807, 2.05) is 0 Å². The first-order chi connectivity index (χ1) is 8.36. The zero-order valence-corrected chi connectivity index (χ0v) is 10.1. The molecule has 1 aliphatic heterocycles. The average molecular weight is 223 g/mol. The fraction of sp³-hybridized carbons (Fsp3) is 0.250. The molecule has 0 fully saturated rings. The molecule has 0 bridgehead atoms. The molecule has 1 nitrogen and oxygen atoms in total. The van der Waals surface area contributed by atoms with Crippen LogP contribution in [0.4, 0.5) is 0 Å². The molecule has 2 aromatic carbocycles. The van der Waals surface area contributed by atoms with Crippen molar-refractivity contribution in [3.05, 3.63) is 71.3 Å². The minimum atomic E-state index is 0.351. The van der Waals surface area contributed by atoms with E-state index in [0.717, 1.165) is 6.54 Å². The molecule has 0 saturated carbocycles. The van der Waals surface area contributed by atoms with Crippen LogP contribution in [0.15, 0.2) is 54.6 Å². The van der Waals surface area contributed by atoms with Crippen LogP contribution in [-0.4, -0.2) is 6.54 Å². The van der Waals surface area contributed by atoms with E-state index in [9.17, 15) is 0 Å². The van der Waals surface area contributed by atoms with Crippen LogP contribution in [0.2, 0.25) is 0 Å². The van der Waals surface area contributed by atoms with Crippen molar-refractivity contribution in [1.82, 2.24) is 5.32 Å². The Morgan fingerprint density at radius 2 is 1.53 bits per heavy atom. The maximum Gasteiger partial charge on any atom is 0.0579 e. The molecule has 1 aliphatic rings. The summed E-state index contributed by atoms with van der Waals surface area (Å²) in [7, 11) is 0.